The van der Waals surface area contributed by atoms with Crippen molar-refractivity contribution in [3.63, 3.8) is 0 Å². The predicted molar refractivity (Wildman–Crippen MR) is 73.3 cm³/mol. The molecule has 18 heavy (non-hydrogen) atoms. The van der Waals surface area contributed by atoms with Gasteiger partial charge in [0.2, 0.25) is 0 Å². The van der Waals surface area contributed by atoms with Gasteiger partial charge in [-0.2, -0.15) is 11.8 Å². The van der Waals surface area contributed by atoms with Crippen LogP contribution < -0.4 is 5.32 Å². The first-order valence-electron chi connectivity index (χ1n) is 5.54. The third-order valence-electron chi connectivity index (χ3n) is 2.84. The van der Waals surface area contributed by atoms with Crippen molar-refractivity contribution in [2.45, 2.75) is 12.0 Å². The molecule has 1 aromatic rings. The fourth-order valence-electron chi connectivity index (χ4n) is 1.75. The Balaban J connectivity index is 1.99. The number of nitrogens with one attached hydrogen (secondary N) is 1. The Kier molecular flexibility index (Phi) is 4.29. The maximum absolute atomic E-state index is 12.9. The molecule has 1 aliphatic heterocycles. The molecule has 1 saturated heterocycles. The zero-order valence-electron chi connectivity index (χ0n) is 9.58. The zero-order chi connectivity index (χ0) is 13.2. The molecule has 1 aliphatic rings. The van der Waals surface area contributed by atoms with Crippen LogP contribution in [-0.2, 0) is 0 Å². The number of thioether (sulfide) groups is 1. The van der Waals surface area contributed by atoms with Gasteiger partial charge in [-0.25, -0.2) is 4.39 Å². The van der Waals surface area contributed by atoms with Crippen LogP contribution in [-0.4, -0.2) is 34.7 Å². The average molecular weight is 334 g/mol. The number of benzene rings is 1. The standard InChI is InChI=1S/C12H13BrFNO2S/c13-10-5-8(14)1-2-9(10)11(16)15-6-12(17)3-4-18-7-12/h1-2,5,17H,3-4,6-7H2,(H,15,16)/t12-/m1/s1. The van der Waals surface area contributed by atoms with E-state index in [9.17, 15) is 14.3 Å². The van der Waals surface area contributed by atoms with Gasteiger partial charge in [-0.05, 0) is 46.3 Å². The number of amides is 1. The van der Waals surface area contributed by atoms with E-state index in [4.69, 9.17) is 0 Å². The quantitative estimate of drug-likeness (QED) is 0.891. The van der Waals surface area contributed by atoms with E-state index in [-0.39, 0.29) is 12.5 Å². The molecule has 1 fully saturated rings. The molecule has 98 valence electrons. The molecule has 6 heteroatoms. The van der Waals surface area contributed by atoms with Crippen LogP contribution >= 0.6 is 27.7 Å². The van der Waals surface area contributed by atoms with Gasteiger partial charge in [0.25, 0.3) is 5.91 Å². The summed E-state index contributed by atoms with van der Waals surface area (Å²) in [5.74, 6) is 0.834. The van der Waals surface area contributed by atoms with Crippen molar-refractivity contribution in [1.82, 2.24) is 5.32 Å². The molecule has 0 saturated carbocycles. The van der Waals surface area contributed by atoms with E-state index in [1.165, 1.54) is 18.2 Å². The molecule has 1 atom stereocenters. The minimum atomic E-state index is -0.813. The van der Waals surface area contributed by atoms with Gasteiger partial charge in [0, 0.05) is 16.8 Å². The van der Waals surface area contributed by atoms with Crippen molar-refractivity contribution in [1.29, 1.82) is 0 Å². The number of carbonyl (C=O) groups is 1. The SMILES string of the molecule is O=C(NC[C@]1(O)CCSC1)c1ccc(F)cc1Br. The summed E-state index contributed by atoms with van der Waals surface area (Å²) in [6, 6.07) is 3.90. The summed E-state index contributed by atoms with van der Waals surface area (Å²) in [5.41, 5.74) is -0.446. The molecule has 1 heterocycles. The second-order valence-corrected chi connectivity index (χ2v) is 6.29. The van der Waals surface area contributed by atoms with Crippen molar-refractivity contribution < 1.29 is 14.3 Å². The Morgan fingerprint density at radius 1 is 1.61 bits per heavy atom. The lowest BCUT2D eigenvalue weighted by atomic mass is 10.0. The summed E-state index contributed by atoms with van der Waals surface area (Å²) in [7, 11) is 0. The Hall–Kier alpha value is -0.590. The predicted octanol–water partition coefficient (Wildman–Crippen LogP) is 2.19. The molecule has 0 radical (unpaired) electrons. The zero-order valence-corrected chi connectivity index (χ0v) is 12.0. The number of hydrogen-bond acceptors (Lipinski definition) is 3. The van der Waals surface area contributed by atoms with Crippen molar-refractivity contribution in [3.05, 3.63) is 34.1 Å². The fraction of sp³-hybridized carbons (Fsp3) is 0.417. The van der Waals surface area contributed by atoms with Gasteiger partial charge in [-0.15, -0.1) is 0 Å². The van der Waals surface area contributed by atoms with Gasteiger partial charge < -0.3 is 10.4 Å². The van der Waals surface area contributed by atoms with E-state index in [0.717, 1.165) is 5.75 Å². The highest BCUT2D eigenvalue weighted by molar-refractivity contribution is 9.10. The summed E-state index contributed by atoms with van der Waals surface area (Å²) in [4.78, 5) is 11.9. The Labute approximate surface area is 117 Å². The number of rotatable bonds is 3. The largest absolute Gasteiger partial charge is 0.387 e. The lowest BCUT2D eigenvalue weighted by Gasteiger charge is -2.21. The minimum absolute atomic E-state index is 0.225. The second-order valence-electron chi connectivity index (χ2n) is 4.33. The monoisotopic (exact) mass is 333 g/mol. The molecule has 2 N–H and O–H groups in total. The number of hydrogen-bond donors (Lipinski definition) is 2. The summed E-state index contributed by atoms with van der Waals surface area (Å²) in [6.45, 7) is 0.225. The van der Waals surface area contributed by atoms with Crippen LogP contribution in [0.4, 0.5) is 4.39 Å². The number of halogens is 2. The topological polar surface area (TPSA) is 49.3 Å². The molecule has 0 aliphatic carbocycles. The first-order chi connectivity index (χ1) is 8.50. The Morgan fingerprint density at radius 2 is 2.39 bits per heavy atom. The molecule has 2 rings (SSSR count). The van der Waals surface area contributed by atoms with Crippen LogP contribution in [0.2, 0.25) is 0 Å². The second kappa shape index (κ2) is 5.59. The van der Waals surface area contributed by atoms with Gasteiger partial charge in [0.15, 0.2) is 0 Å². The summed E-state index contributed by atoms with van der Waals surface area (Å²) in [6.07, 6.45) is 0.683. The van der Waals surface area contributed by atoms with Gasteiger partial charge in [0.05, 0.1) is 11.2 Å². The molecule has 0 bridgehead atoms. The Morgan fingerprint density at radius 3 is 3.00 bits per heavy atom. The van der Waals surface area contributed by atoms with Gasteiger partial charge in [-0.1, -0.05) is 0 Å². The van der Waals surface area contributed by atoms with Crippen LogP contribution in [0.3, 0.4) is 0 Å². The molecular weight excluding hydrogens is 321 g/mol. The van der Waals surface area contributed by atoms with Crippen molar-refractivity contribution in [2.75, 3.05) is 18.1 Å². The molecule has 1 aromatic carbocycles. The maximum Gasteiger partial charge on any atom is 0.252 e. The third-order valence-corrected chi connectivity index (χ3v) is 4.73. The molecule has 0 spiro atoms. The smallest absolute Gasteiger partial charge is 0.252 e. The summed E-state index contributed by atoms with van der Waals surface area (Å²) < 4.78 is 13.3. The first-order valence-corrected chi connectivity index (χ1v) is 7.48. The van der Waals surface area contributed by atoms with E-state index >= 15 is 0 Å². The summed E-state index contributed by atoms with van der Waals surface area (Å²) >= 11 is 4.82. The minimum Gasteiger partial charge on any atom is -0.387 e. The van der Waals surface area contributed by atoms with Crippen LogP contribution in [0.25, 0.3) is 0 Å². The van der Waals surface area contributed by atoms with Gasteiger partial charge in [0.1, 0.15) is 5.82 Å². The highest BCUT2D eigenvalue weighted by Crippen LogP contribution is 2.27. The normalized spacial score (nSPS) is 23.1. The maximum atomic E-state index is 12.9. The fourth-order valence-corrected chi connectivity index (χ4v) is 3.58. The van der Waals surface area contributed by atoms with E-state index in [2.05, 4.69) is 21.2 Å². The van der Waals surface area contributed by atoms with E-state index < -0.39 is 11.4 Å². The van der Waals surface area contributed by atoms with Crippen molar-refractivity contribution in [3.8, 4) is 0 Å². The number of carbonyl (C=O) groups excluding carboxylic acids is 1. The third kappa shape index (κ3) is 3.24. The number of aliphatic hydroxyl groups is 1. The van der Waals surface area contributed by atoms with E-state index in [1.807, 2.05) is 0 Å². The lowest BCUT2D eigenvalue weighted by molar-refractivity contribution is 0.0612. The molecule has 3 nitrogen and oxygen atoms in total. The molecule has 0 aromatic heterocycles. The molecule has 1 amide bonds. The van der Waals surface area contributed by atoms with Gasteiger partial charge in [-0.3, -0.25) is 4.79 Å². The van der Waals surface area contributed by atoms with Crippen molar-refractivity contribution >= 4 is 33.6 Å². The highest BCUT2D eigenvalue weighted by atomic mass is 79.9. The van der Waals surface area contributed by atoms with Crippen LogP contribution in [0, 0.1) is 5.82 Å². The first kappa shape index (κ1) is 13.8. The van der Waals surface area contributed by atoms with E-state index in [1.54, 1.807) is 11.8 Å². The molecular formula is C12H13BrFNO2S. The summed E-state index contributed by atoms with van der Waals surface area (Å²) in [5, 5.41) is 12.8. The van der Waals surface area contributed by atoms with E-state index in [0.29, 0.717) is 22.2 Å². The molecule has 0 unspecified atom stereocenters. The highest BCUT2D eigenvalue weighted by Gasteiger charge is 2.32. The van der Waals surface area contributed by atoms with Crippen LogP contribution in [0.5, 0.6) is 0 Å². The van der Waals surface area contributed by atoms with Crippen molar-refractivity contribution in [2.24, 2.45) is 0 Å². The van der Waals surface area contributed by atoms with Crippen LogP contribution in [0.15, 0.2) is 22.7 Å². The average Bonchev–Trinajstić information content (AvgIpc) is 2.74. The Bertz CT molecular complexity index is 463. The lowest BCUT2D eigenvalue weighted by Crippen LogP contribution is -2.43. The van der Waals surface area contributed by atoms with Gasteiger partial charge >= 0.3 is 0 Å². The van der Waals surface area contributed by atoms with Crippen LogP contribution in [0.1, 0.15) is 16.8 Å².